The van der Waals surface area contributed by atoms with Gasteiger partial charge in [0.15, 0.2) is 0 Å². The predicted molar refractivity (Wildman–Crippen MR) is 87.6 cm³/mol. The summed E-state index contributed by atoms with van der Waals surface area (Å²) in [5.41, 5.74) is 0.746. The standard InChI is InChI=1S/C17H17FN2O3S/c1-10-6-7-14(17(22)23)20(10)16(21)13-9-24-15(19-13)8-11-4-2-3-5-12(11)18/h2-5,9-10,14H,6-8H2,1H3,(H,22,23)/t10-,14-/m1/s1. The van der Waals surface area contributed by atoms with Crippen LogP contribution in [0.2, 0.25) is 0 Å². The summed E-state index contributed by atoms with van der Waals surface area (Å²) in [7, 11) is 0. The highest BCUT2D eigenvalue weighted by Crippen LogP contribution is 2.27. The van der Waals surface area contributed by atoms with Gasteiger partial charge in [0.05, 0.1) is 5.01 Å². The SMILES string of the molecule is C[C@@H]1CC[C@H](C(=O)O)N1C(=O)c1csc(Cc2ccccc2F)n1. The third kappa shape index (κ3) is 3.17. The molecule has 0 spiro atoms. The van der Waals surface area contributed by atoms with Gasteiger partial charge in [0.2, 0.25) is 0 Å². The first kappa shape index (κ1) is 16.6. The van der Waals surface area contributed by atoms with Gasteiger partial charge in [-0.25, -0.2) is 14.2 Å². The van der Waals surface area contributed by atoms with Crippen LogP contribution in [0.4, 0.5) is 4.39 Å². The highest BCUT2D eigenvalue weighted by atomic mass is 32.1. The molecular weight excluding hydrogens is 331 g/mol. The van der Waals surface area contributed by atoms with Crippen molar-refractivity contribution in [1.82, 2.24) is 9.88 Å². The molecule has 1 aliphatic heterocycles. The molecule has 3 rings (SSSR count). The number of hydrogen-bond donors (Lipinski definition) is 1. The van der Waals surface area contributed by atoms with Gasteiger partial charge in [-0.3, -0.25) is 4.79 Å². The van der Waals surface area contributed by atoms with Gasteiger partial charge >= 0.3 is 5.97 Å². The molecule has 0 saturated carbocycles. The molecule has 126 valence electrons. The van der Waals surface area contributed by atoms with E-state index in [1.54, 1.807) is 23.6 Å². The molecule has 1 N–H and O–H groups in total. The Bertz CT molecular complexity index is 777. The Morgan fingerprint density at radius 1 is 1.38 bits per heavy atom. The first-order valence-electron chi connectivity index (χ1n) is 7.70. The van der Waals surface area contributed by atoms with Crippen LogP contribution in [0.1, 0.15) is 40.8 Å². The number of aliphatic carboxylic acids is 1. The normalized spacial score (nSPS) is 20.3. The zero-order chi connectivity index (χ0) is 17.3. The van der Waals surface area contributed by atoms with Crippen molar-refractivity contribution in [1.29, 1.82) is 0 Å². The van der Waals surface area contributed by atoms with Crippen molar-refractivity contribution in [2.75, 3.05) is 0 Å². The fraction of sp³-hybridized carbons (Fsp3) is 0.353. The minimum atomic E-state index is -0.991. The molecule has 5 nitrogen and oxygen atoms in total. The number of amides is 1. The lowest BCUT2D eigenvalue weighted by atomic mass is 10.1. The number of carbonyl (C=O) groups is 2. The van der Waals surface area contributed by atoms with E-state index >= 15 is 0 Å². The first-order chi connectivity index (χ1) is 11.5. The monoisotopic (exact) mass is 348 g/mol. The van der Waals surface area contributed by atoms with Crippen molar-refractivity contribution in [2.45, 2.75) is 38.3 Å². The highest BCUT2D eigenvalue weighted by molar-refractivity contribution is 7.09. The second kappa shape index (κ2) is 6.68. The van der Waals surface area contributed by atoms with Gasteiger partial charge in [0.1, 0.15) is 17.6 Å². The smallest absolute Gasteiger partial charge is 0.326 e. The van der Waals surface area contributed by atoms with Gasteiger partial charge in [0, 0.05) is 17.8 Å². The number of hydrogen-bond acceptors (Lipinski definition) is 4. The molecule has 2 aromatic rings. The average Bonchev–Trinajstić information content (AvgIpc) is 3.16. The van der Waals surface area contributed by atoms with Crippen molar-refractivity contribution < 1.29 is 19.1 Å². The van der Waals surface area contributed by atoms with Gasteiger partial charge < -0.3 is 10.0 Å². The van der Waals surface area contributed by atoms with E-state index < -0.39 is 12.0 Å². The lowest BCUT2D eigenvalue weighted by molar-refractivity contribution is -0.141. The largest absolute Gasteiger partial charge is 0.480 e. The van der Waals surface area contributed by atoms with Crippen LogP contribution in [-0.2, 0) is 11.2 Å². The van der Waals surface area contributed by atoms with Crippen LogP contribution >= 0.6 is 11.3 Å². The molecule has 0 aliphatic carbocycles. The maximum Gasteiger partial charge on any atom is 0.326 e. The third-order valence-corrected chi connectivity index (χ3v) is 5.11. The first-order valence-corrected chi connectivity index (χ1v) is 8.58. The lowest BCUT2D eigenvalue weighted by Gasteiger charge is -2.25. The predicted octanol–water partition coefficient (Wildman–Crippen LogP) is 2.95. The number of carboxylic acids is 1. The molecule has 1 aromatic heterocycles. The molecule has 1 amide bonds. The van der Waals surface area contributed by atoms with E-state index in [0.29, 0.717) is 29.8 Å². The zero-order valence-electron chi connectivity index (χ0n) is 13.1. The van der Waals surface area contributed by atoms with Crippen molar-refractivity contribution >= 4 is 23.2 Å². The Morgan fingerprint density at radius 3 is 2.83 bits per heavy atom. The highest BCUT2D eigenvalue weighted by Gasteiger charge is 2.39. The molecule has 2 atom stereocenters. The van der Waals surface area contributed by atoms with Gasteiger partial charge in [-0.05, 0) is 31.4 Å². The number of benzene rings is 1. The molecular formula is C17H17FN2O3S. The van der Waals surface area contributed by atoms with E-state index in [1.807, 2.05) is 6.92 Å². The van der Waals surface area contributed by atoms with Crippen LogP contribution in [0.15, 0.2) is 29.6 Å². The number of thiazole rings is 1. The summed E-state index contributed by atoms with van der Waals surface area (Å²) in [5.74, 6) is -1.67. The summed E-state index contributed by atoms with van der Waals surface area (Å²) in [6.07, 6.45) is 1.42. The second-order valence-corrected chi connectivity index (χ2v) is 6.83. The van der Waals surface area contributed by atoms with E-state index in [-0.39, 0.29) is 23.5 Å². The van der Waals surface area contributed by atoms with Crippen molar-refractivity contribution in [3.8, 4) is 0 Å². The Morgan fingerprint density at radius 2 is 2.12 bits per heavy atom. The molecule has 0 radical (unpaired) electrons. The molecule has 1 aromatic carbocycles. The fourth-order valence-corrected chi connectivity index (χ4v) is 3.79. The summed E-state index contributed by atoms with van der Waals surface area (Å²) in [4.78, 5) is 29.6. The Labute approximate surface area is 142 Å². The van der Waals surface area contributed by atoms with E-state index in [4.69, 9.17) is 0 Å². The minimum Gasteiger partial charge on any atom is -0.480 e. The van der Waals surface area contributed by atoms with Crippen molar-refractivity contribution in [2.24, 2.45) is 0 Å². The number of aromatic nitrogens is 1. The summed E-state index contributed by atoms with van der Waals surface area (Å²) in [6, 6.07) is 5.51. The van der Waals surface area contributed by atoms with E-state index in [1.165, 1.54) is 22.3 Å². The molecule has 24 heavy (non-hydrogen) atoms. The van der Waals surface area contributed by atoms with Crippen LogP contribution < -0.4 is 0 Å². The van der Waals surface area contributed by atoms with E-state index in [9.17, 15) is 19.1 Å². The van der Waals surface area contributed by atoms with E-state index in [0.717, 1.165) is 0 Å². The molecule has 1 saturated heterocycles. The average molecular weight is 348 g/mol. The molecule has 7 heteroatoms. The molecule has 1 fully saturated rings. The van der Waals surface area contributed by atoms with Gasteiger partial charge in [-0.2, -0.15) is 0 Å². The van der Waals surface area contributed by atoms with Gasteiger partial charge in [-0.1, -0.05) is 18.2 Å². The number of rotatable bonds is 4. The quantitative estimate of drug-likeness (QED) is 0.922. The summed E-state index contributed by atoms with van der Waals surface area (Å²) in [6.45, 7) is 1.84. The van der Waals surface area contributed by atoms with Crippen LogP contribution in [0.25, 0.3) is 0 Å². The van der Waals surface area contributed by atoms with Crippen LogP contribution in [0.3, 0.4) is 0 Å². The number of halogens is 1. The number of nitrogens with zero attached hydrogens (tertiary/aromatic N) is 2. The minimum absolute atomic E-state index is 0.129. The van der Waals surface area contributed by atoms with Crippen molar-refractivity contribution in [3.05, 3.63) is 51.7 Å². The number of likely N-dealkylation sites (tertiary alicyclic amines) is 1. The Kier molecular flexibility index (Phi) is 4.62. The third-order valence-electron chi connectivity index (χ3n) is 4.26. The fourth-order valence-electron chi connectivity index (χ4n) is 3.00. The Balaban J connectivity index is 1.79. The van der Waals surface area contributed by atoms with Crippen molar-refractivity contribution in [3.63, 3.8) is 0 Å². The lowest BCUT2D eigenvalue weighted by Crippen LogP contribution is -2.44. The maximum atomic E-state index is 13.7. The van der Waals surface area contributed by atoms with Gasteiger partial charge in [-0.15, -0.1) is 11.3 Å². The zero-order valence-corrected chi connectivity index (χ0v) is 13.9. The molecule has 1 aliphatic rings. The summed E-state index contributed by atoms with van der Waals surface area (Å²) < 4.78 is 13.7. The van der Waals surface area contributed by atoms with Crippen LogP contribution in [0, 0.1) is 5.82 Å². The summed E-state index contributed by atoms with van der Waals surface area (Å²) in [5, 5.41) is 11.5. The second-order valence-electron chi connectivity index (χ2n) is 5.89. The summed E-state index contributed by atoms with van der Waals surface area (Å²) >= 11 is 1.28. The maximum absolute atomic E-state index is 13.7. The van der Waals surface area contributed by atoms with E-state index in [2.05, 4.69) is 4.98 Å². The number of carbonyl (C=O) groups excluding carboxylic acids is 1. The van der Waals surface area contributed by atoms with Crippen LogP contribution in [-0.4, -0.2) is 39.0 Å². The molecule has 2 heterocycles. The topological polar surface area (TPSA) is 70.5 Å². The molecule has 0 bridgehead atoms. The van der Waals surface area contributed by atoms with Gasteiger partial charge in [0.25, 0.3) is 5.91 Å². The Hall–Kier alpha value is -2.28. The molecule has 0 unspecified atom stereocenters. The van der Waals surface area contributed by atoms with Crippen LogP contribution in [0.5, 0.6) is 0 Å². The number of carboxylic acid groups (broad SMARTS) is 1.